The van der Waals surface area contributed by atoms with Gasteiger partial charge in [0.05, 0.1) is 11.1 Å². The molecule has 0 aromatic heterocycles. The van der Waals surface area contributed by atoms with E-state index in [0.717, 1.165) is 0 Å². The van der Waals surface area contributed by atoms with Crippen LogP contribution >= 0.6 is 11.6 Å². The highest BCUT2D eigenvalue weighted by molar-refractivity contribution is 6.31. The van der Waals surface area contributed by atoms with Crippen molar-refractivity contribution < 1.29 is 15.3 Å². The topological polar surface area (TPSA) is 84.5 Å². The van der Waals surface area contributed by atoms with E-state index in [2.05, 4.69) is 0 Å². The number of nitrogens with zero attached hydrogens (tertiary/aromatic N) is 1. The Bertz CT molecular complexity index is 355. The Hall–Kier alpha value is -1.28. The van der Waals surface area contributed by atoms with Crippen molar-refractivity contribution in [1.29, 1.82) is 5.26 Å². The molecule has 1 aromatic carbocycles. The summed E-state index contributed by atoms with van der Waals surface area (Å²) in [6.07, 6.45) is -3.12. The molecule has 4 nitrogen and oxygen atoms in total. The first-order chi connectivity index (χ1) is 6.57. The number of hydrogen-bond donors (Lipinski definition) is 3. The second-order valence-electron chi connectivity index (χ2n) is 2.69. The molecule has 0 heterocycles. The van der Waals surface area contributed by atoms with E-state index in [0.29, 0.717) is 0 Å². The summed E-state index contributed by atoms with van der Waals surface area (Å²) in [5, 5.41) is 36.3. The number of aliphatic hydroxyl groups excluding tert-OH is 2. The highest BCUT2D eigenvalue weighted by Gasteiger charge is 2.23. The number of aliphatic hydroxyl groups is 2. The molecule has 0 fully saturated rings. The van der Waals surface area contributed by atoms with Gasteiger partial charge in [0.2, 0.25) is 0 Å². The smallest absolute Gasteiger partial charge is 0.170 e. The summed E-state index contributed by atoms with van der Waals surface area (Å²) in [6, 6.07) is 5.71. The number of hydrogen-bond acceptors (Lipinski definition) is 4. The molecule has 2 unspecified atom stereocenters. The Morgan fingerprint density at radius 3 is 2.50 bits per heavy atom. The molecule has 1 rings (SSSR count). The average molecular weight is 214 g/mol. The lowest BCUT2D eigenvalue weighted by atomic mass is 10.0. The van der Waals surface area contributed by atoms with E-state index in [1.807, 2.05) is 0 Å². The second-order valence-corrected chi connectivity index (χ2v) is 3.10. The van der Waals surface area contributed by atoms with Crippen LogP contribution in [0.5, 0.6) is 5.75 Å². The molecular formula is C9H8ClNO3. The third kappa shape index (κ3) is 1.96. The van der Waals surface area contributed by atoms with Crippen LogP contribution in [0.2, 0.25) is 5.02 Å². The van der Waals surface area contributed by atoms with Crippen molar-refractivity contribution >= 4 is 11.6 Å². The molecule has 1 aromatic rings. The maximum absolute atomic E-state index is 9.43. The van der Waals surface area contributed by atoms with Crippen LogP contribution in [-0.2, 0) is 0 Å². The summed E-state index contributed by atoms with van der Waals surface area (Å²) in [6.45, 7) is 0. The molecule has 0 bridgehead atoms. The third-order valence-electron chi connectivity index (χ3n) is 1.76. The molecule has 0 saturated carbocycles. The van der Waals surface area contributed by atoms with E-state index < -0.39 is 12.2 Å². The lowest BCUT2D eigenvalue weighted by Crippen LogP contribution is -2.16. The van der Waals surface area contributed by atoms with Crippen molar-refractivity contribution in [3.8, 4) is 11.8 Å². The van der Waals surface area contributed by atoms with Gasteiger partial charge < -0.3 is 15.3 Å². The average Bonchev–Trinajstić information content (AvgIpc) is 2.16. The van der Waals surface area contributed by atoms with Gasteiger partial charge in [0, 0.05) is 5.56 Å². The molecule has 2 atom stereocenters. The largest absolute Gasteiger partial charge is 0.508 e. The predicted octanol–water partition coefficient (Wildman–Crippen LogP) is 0.963. The maximum Gasteiger partial charge on any atom is 0.170 e. The Morgan fingerprint density at radius 1 is 1.36 bits per heavy atom. The molecule has 0 amide bonds. The number of phenolic OH excluding ortho intramolecular Hbond substituents is 1. The normalized spacial score (nSPS) is 14.4. The predicted molar refractivity (Wildman–Crippen MR) is 49.7 cm³/mol. The molecular weight excluding hydrogens is 206 g/mol. The Kier molecular flexibility index (Phi) is 3.31. The number of benzene rings is 1. The van der Waals surface area contributed by atoms with Gasteiger partial charge in [-0.1, -0.05) is 17.7 Å². The van der Waals surface area contributed by atoms with Crippen LogP contribution in [0, 0.1) is 11.3 Å². The van der Waals surface area contributed by atoms with Crippen LogP contribution in [0.3, 0.4) is 0 Å². The summed E-state index contributed by atoms with van der Waals surface area (Å²) >= 11 is 5.68. The van der Waals surface area contributed by atoms with Crippen LogP contribution in [0.25, 0.3) is 0 Å². The molecule has 0 aliphatic rings. The molecule has 3 N–H and O–H groups in total. The molecule has 0 aliphatic heterocycles. The van der Waals surface area contributed by atoms with Crippen LogP contribution < -0.4 is 0 Å². The minimum atomic E-state index is -1.61. The zero-order valence-electron chi connectivity index (χ0n) is 7.05. The number of rotatable bonds is 2. The van der Waals surface area contributed by atoms with Crippen molar-refractivity contribution in [2.75, 3.05) is 0 Å². The Morgan fingerprint density at radius 2 is 2.00 bits per heavy atom. The van der Waals surface area contributed by atoms with Gasteiger partial charge >= 0.3 is 0 Å². The fourth-order valence-corrected chi connectivity index (χ4v) is 1.33. The molecule has 0 radical (unpaired) electrons. The summed E-state index contributed by atoms with van der Waals surface area (Å²) in [4.78, 5) is 0. The van der Waals surface area contributed by atoms with Crippen molar-refractivity contribution in [2.45, 2.75) is 12.2 Å². The third-order valence-corrected chi connectivity index (χ3v) is 2.09. The minimum Gasteiger partial charge on any atom is -0.508 e. The molecule has 0 spiro atoms. The van der Waals surface area contributed by atoms with Gasteiger partial charge in [0.25, 0.3) is 0 Å². The zero-order valence-corrected chi connectivity index (χ0v) is 7.81. The fourth-order valence-electron chi connectivity index (χ4n) is 1.05. The van der Waals surface area contributed by atoms with Crippen LogP contribution in [-0.4, -0.2) is 21.4 Å². The van der Waals surface area contributed by atoms with Crippen molar-refractivity contribution in [2.24, 2.45) is 0 Å². The minimum absolute atomic E-state index is 0.0387. The maximum atomic E-state index is 9.43. The Labute approximate surface area is 85.6 Å². The summed E-state index contributed by atoms with van der Waals surface area (Å²) < 4.78 is 0. The van der Waals surface area contributed by atoms with Gasteiger partial charge in [-0.05, 0) is 12.1 Å². The first-order valence-electron chi connectivity index (χ1n) is 3.81. The van der Waals surface area contributed by atoms with Gasteiger partial charge in [-0.2, -0.15) is 5.26 Å². The number of aromatic hydroxyl groups is 1. The van der Waals surface area contributed by atoms with Crippen LogP contribution in [0.15, 0.2) is 18.2 Å². The van der Waals surface area contributed by atoms with Gasteiger partial charge in [-0.3, -0.25) is 0 Å². The van der Waals surface area contributed by atoms with E-state index >= 15 is 0 Å². The van der Waals surface area contributed by atoms with Crippen LogP contribution in [0.1, 0.15) is 11.7 Å². The molecule has 74 valence electrons. The summed E-state index contributed by atoms with van der Waals surface area (Å²) in [5.41, 5.74) is -0.0387. The number of nitriles is 1. The van der Waals surface area contributed by atoms with Crippen molar-refractivity contribution in [3.05, 3.63) is 28.8 Å². The van der Waals surface area contributed by atoms with Gasteiger partial charge in [0.1, 0.15) is 11.9 Å². The molecule has 0 saturated heterocycles. The SMILES string of the molecule is N#CC(O)C(O)c1c(O)cccc1Cl. The van der Waals surface area contributed by atoms with E-state index in [-0.39, 0.29) is 16.3 Å². The van der Waals surface area contributed by atoms with Crippen molar-refractivity contribution in [1.82, 2.24) is 0 Å². The highest BCUT2D eigenvalue weighted by Crippen LogP contribution is 2.32. The van der Waals surface area contributed by atoms with Gasteiger partial charge in [0.15, 0.2) is 6.10 Å². The fraction of sp³-hybridized carbons (Fsp3) is 0.222. The monoisotopic (exact) mass is 213 g/mol. The molecule has 14 heavy (non-hydrogen) atoms. The summed E-state index contributed by atoms with van der Waals surface area (Å²) in [5.74, 6) is -0.251. The van der Waals surface area contributed by atoms with Gasteiger partial charge in [-0.25, -0.2) is 0 Å². The Balaban J connectivity index is 3.13. The lowest BCUT2D eigenvalue weighted by Gasteiger charge is -2.14. The first kappa shape index (κ1) is 10.8. The van der Waals surface area contributed by atoms with E-state index in [1.165, 1.54) is 24.3 Å². The van der Waals surface area contributed by atoms with E-state index in [9.17, 15) is 10.2 Å². The van der Waals surface area contributed by atoms with Crippen molar-refractivity contribution in [3.63, 3.8) is 0 Å². The number of halogens is 1. The van der Waals surface area contributed by atoms with Crippen LogP contribution in [0.4, 0.5) is 0 Å². The molecule has 0 aliphatic carbocycles. The van der Waals surface area contributed by atoms with E-state index in [4.69, 9.17) is 22.0 Å². The lowest BCUT2D eigenvalue weighted by molar-refractivity contribution is 0.0512. The first-order valence-corrected chi connectivity index (χ1v) is 4.19. The highest BCUT2D eigenvalue weighted by atomic mass is 35.5. The van der Waals surface area contributed by atoms with Gasteiger partial charge in [-0.15, -0.1) is 0 Å². The quantitative estimate of drug-likeness (QED) is 0.639. The molecule has 5 heteroatoms. The van der Waals surface area contributed by atoms with E-state index in [1.54, 1.807) is 0 Å². The number of phenols is 1. The second kappa shape index (κ2) is 4.29. The summed E-state index contributed by atoms with van der Waals surface area (Å²) in [7, 11) is 0. The zero-order chi connectivity index (χ0) is 10.7. The standard InChI is InChI=1S/C9H8ClNO3/c10-5-2-1-3-6(12)8(5)9(14)7(13)4-11/h1-3,7,9,12-14H.